The third-order valence-corrected chi connectivity index (χ3v) is 6.21. The van der Waals surface area contributed by atoms with E-state index in [1.54, 1.807) is 36.4 Å². The molecule has 0 aliphatic heterocycles. The van der Waals surface area contributed by atoms with Gasteiger partial charge in [0.1, 0.15) is 11.6 Å². The van der Waals surface area contributed by atoms with Crippen LogP contribution in [0.15, 0.2) is 46.8 Å². The smallest absolute Gasteiger partial charge is 0.335 e. The molecule has 4 aromatic rings. The van der Waals surface area contributed by atoms with E-state index < -0.39 is 5.97 Å². The Balaban J connectivity index is 1.50. The Hall–Kier alpha value is -2.98. The fourth-order valence-electron chi connectivity index (χ4n) is 2.90. The molecule has 4 rings (SSSR count). The van der Waals surface area contributed by atoms with Crippen LogP contribution in [0.5, 0.6) is 0 Å². The van der Waals surface area contributed by atoms with Crippen LogP contribution in [0.25, 0.3) is 11.0 Å². The van der Waals surface area contributed by atoms with Crippen molar-refractivity contribution >= 4 is 50.9 Å². The second-order valence-electron chi connectivity index (χ2n) is 6.05. The average molecular weight is 430 g/mol. The predicted molar refractivity (Wildman–Crippen MR) is 112 cm³/mol. The first kappa shape index (κ1) is 19.3. The summed E-state index contributed by atoms with van der Waals surface area (Å²) in [5.41, 5.74) is 2.11. The average Bonchev–Trinajstić information content (AvgIpc) is 3.31. The maximum atomic E-state index is 13.8. The second-order valence-corrected chi connectivity index (χ2v) is 8.25. The number of fused-ring (bicyclic) bond motifs is 1. The highest BCUT2D eigenvalue weighted by Crippen LogP contribution is 2.31. The summed E-state index contributed by atoms with van der Waals surface area (Å²) >= 11 is 2.81. The Morgan fingerprint density at radius 2 is 2.10 bits per heavy atom. The van der Waals surface area contributed by atoms with Gasteiger partial charge in [-0.1, -0.05) is 35.2 Å². The van der Waals surface area contributed by atoms with Crippen LogP contribution >= 0.6 is 23.1 Å². The first-order chi connectivity index (χ1) is 14.0. The Bertz CT molecular complexity index is 1190. The van der Waals surface area contributed by atoms with Crippen molar-refractivity contribution in [3.05, 3.63) is 59.7 Å². The number of imidazole rings is 1. The number of nitrogens with one attached hydrogen (secondary N) is 1. The number of thioether (sulfide) groups is 1. The fourth-order valence-corrected chi connectivity index (χ4v) is 4.61. The first-order valence-electron chi connectivity index (χ1n) is 8.75. The zero-order valence-electron chi connectivity index (χ0n) is 15.3. The largest absolute Gasteiger partial charge is 0.478 e. The summed E-state index contributed by atoms with van der Waals surface area (Å²) < 4.78 is 16.5. The van der Waals surface area contributed by atoms with Gasteiger partial charge >= 0.3 is 5.97 Å². The highest BCUT2D eigenvalue weighted by molar-refractivity contribution is 8.00. The van der Waals surface area contributed by atoms with Crippen molar-refractivity contribution in [3.63, 3.8) is 0 Å². The molecule has 2 heterocycles. The number of hydrogen-bond acceptors (Lipinski definition) is 7. The zero-order chi connectivity index (χ0) is 20.4. The molecule has 2 N–H and O–H groups in total. The van der Waals surface area contributed by atoms with Gasteiger partial charge in [-0.25, -0.2) is 14.2 Å². The molecular formula is C19H16FN5O2S2. The molecule has 0 unspecified atom stereocenters. The van der Waals surface area contributed by atoms with Gasteiger partial charge in [-0.2, -0.15) is 0 Å². The molecular weight excluding hydrogens is 413 g/mol. The van der Waals surface area contributed by atoms with E-state index in [0.717, 1.165) is 22.2 Å². The van der Waals surface area contributed by atoms with Crippen molar-refractivity contribution < 1.29 is 14.3 Å². The number of hydrogen-bond donors (Lipinski definition) is 2. The van der Waals surface area contributed by atoms with Gasteiger partial charge in [0.05, 0.1) is 28.0 Å². The molecule has 0 radical (unpaired) electrons. The maximum absolute atomic E-state index is 13.8. The summed E-state index contributed by atoms with van der Waals surface area (Å²) in [4.78, 5) is 15.8. The molecule has 0 saturated carbocycles. The van der Waals surface area contributed by atoms with E-state index in [1.807, 2.05) is 11.5 Å². The van der Waals surface area contributed by atoms with Gasteiger partial charge in [0, 0.05) is 6.54 Å². The minimum Gasteiger partial charge on any atom is -0.478 e. The van der Waals surface area contributed by atoms with Gasteiger partial charge in [0.15, 0.2) is 4.34 Å². The monoisotopic (exact) mass is 429 g/mol. The standard InChI is InChI=1S/C19H16FN5O2S2/c1-2-25-15-8-7-11(17(26)27)9-14(15)21-16(25)10-28-19-24-23-18(29-19)22-13-6-4-3-5-12(13)20/h3-9H,2,10H2,1H3,(H,22,23)(H,26,27). The summed E-state index contributed by atoms with van der Waals surface area (Å²) in [6, 6.07) is 11.3. The molecule has 148 valence electrons. The number of rotatable bonds is 7. The number of halogens is 1. The second kappa shape index (κ2) is 8.18. The number of anilines is 2. The van der Waals surface area contributed by atoms with Gasteiger partial charge in [0.25, 0.3) is 0 Å². The topological polar surface area (TPSA) is 92.9 Å². The lowest BCUT2D eigenvalue weighted by Gasteiger charge is -2.04. The van der Waals surface area contributed by atoms with Crippen LogP contribution in [0.2, 0.25) is 0 Å². The number of carboxylic acid groups (broad SMARTS) is 1. The minimum absolute atomic E-state index is 0.213. The highest BCUT2D eigenvalue weighted by Gasteiger charge is 2.14. The summed E-state index contributed by atoms with van der Waals surface area (Å²) in [6.07, 6.45) is 0. The predicted octanol–water partition coefficient (Wildman–Crippen LogP) is 4.78. The molecule has 2 aromatic heterocycles. The SMILES string of the molecule is CCn1c(CSc2nnc(Nc3ccccc3F)s2)nc2cc(C(=O)O)ccc21. The Kier molecular flexibility index (Phi) is 5.45. The molecule has 0 bridgehead atoms. The number of aryl methyl sites for hydroxylation is 1. The highest BCUT2D eigenvalue weighted by atomic mass is 32.2. The molecule has 0 atom stereocenters. The lowest BCUT2D eigenvalue weighted by atomic mass is 10.2. The number of carbonyl (C=O) groups is 1. The molecule has 0 fully saturated rings. The number of aromatic nitrogens is 4. The molecule has 0 amide bonds. The van der Waals surface area contributed by atoms with Crippen LogP contribution in [0.1, 0.15) is 23.1 Å². The zero-order valence-corrected chi connectivity index (χ0v) is 16.9. The normalized spacial score (nSPS) is 11.1. The van der Waals surface area contributed by atoms with Gasteiger partial charge in [-0.3, -0.25) is 0 Å². The van der Waals surface area contributed by atoms with Crippen molar-refractivity contribution in [2.24, 2.45) is 0 Å². The molecule has 0 spiro atoms. The van der Waals surface area contributed by atoms with E-state index >= 15 is 0 Å². The summed E-state index contributed by atoms with van der Waals surface area (Å²) in [5, 5.41) is 20.8. The molecule has 0 aliphatic rings. The van der Waals surface area contributed by atoms with Gasteiger partial charge in [-0.15, -0.1) is 10.2 Å². The maximum Gasteiger partial charge on any atom is 0.335 e. The summed E-state index contributed by atoms with van der Waals surface area (Å²) in [7, 11) is 0. The molecule has 10 heteroatoms. The van der Waals surface area contributed by atoms with Crippen LogP contribution in [0.4, 0.5) is 15.2 Å². The number of para-hydroxylation sites is 1. The van der Waals surface area contributed by atoms with Crippen LogP contribution in [-0.4, -0.2) is 30.8 Å². The number of aromatic carboxylic acids is 1. The van der Waals surface area contributed by atoms with E-state index in [2.05, 4.69) is 20.5 Å². The molecule has 29 heavy (non-hydrogen) atoms. The summed E-state index contributed by atoms with van der Waals surface area (Å²) in [6.45, 7) is 2.73. The van der Waals surface area contributed by atoms with E-state index in [9.17, 15) is 14.3 Å². The van der Waals surface area contributed by atoms with Crippen molar-refractivity contribution in [3.8, 4) is 0 Å². The van der Waals surface area contributed by atoms with Gasteiger partial charge in [0.2, 0.25) is 5.13 Å². The Morgan fingerprint density at radius 1 is 1.28 bits per heavy atom. The third kappa shape index (κ3) is 4.08. The van der Waals surface area contributed by atoms with Crippen LogP contribution in [-0.2, 0) is 12.3 Å². The molecule has 7 nitrogen and oxygen atoms in total. The van der Waals surface area contributed by atoms with E-state index in [0.29, 0.717) is 22.1 Å². The van der Waals surface area contributed by atoms with Crippen molar-refractivity contribution in [2.45, 2.75) is 23.6 Å². The first-order valence-corrected chi connectivity index (χ1v) is 10.6. The van der Waals surface area contributed by atoms with Crippen LogP contribution in [0, 0.1) is 5.82 Å². The number of nitrogens with zero attached hydrogens (tertiary/aromatic N) is 4. The quantitative estimate of drug-likeness (QED) is 0.408. The number of benzene rings is 2. The van der Waals surface area contributed by atoms with Crippen molar-refractivity contribution in [1.29, 1.82) is 0 Å². The van der Waals surface area contributed by atoms with Crippen molar-refractivity contribution in [2.75, 3.05) is 5.32 Å². The Labute approximate surface area is 173 Å². The lowest BCUT2D eigenvalue weighted by Crippen LogP contribution is -2.00. The van der Waals surface area contributed by atoms with E-state index in [4.69, 9.17) is 0 Å². The minimum atomic E-state index is -0.974. The lowest BCUT2D eigenvalue weighted by molar-refractivity contribution is 0.0697. The van der Waals surface area contributed by atoms with Crippen LogP contribution in [0.3, 0.4) is 0 Å². The summed E-state index contributed by atoms with van der Waals surface area (Å²) in [5.74, 6) is 0.0555. The molecule has 0 aliphatic carbocycles. The Morgan fingerprint density at radius 3 is 2.86 bits per heavy atom. The van der Waals surface area contributed by atoms with Gasteiger partial charge in [-0.05, 0) is 37.3 Å². The molecule has 2 aromatic carbocycles. The van der Waals surface area contributed by atoms with Gasteiger partial charge < -0.3 is 15.0 Å². The molecule has 0 saturated heterocycles. The number of carboxylic acids is 1. The van der Waals surface area contributed by atoms with E-state index in [1.165, 1.54) is 29.2 Å². The third-order valence-electron chi connectivity index (χ3n) is 4.24. The van der Waals surface area contributed by atoms with Crippen molar-refractivity contribution in [1.82, 2.24) is 19.7 Å². The fraction of sp³-hybridized carbons (Fsp3) is 0.158. The van der Waals surface area contributed by atoms with E-state index in [-0.39, 0.29) is 11.4 Å². The van der Waals surface area contributed by atoms with Crippen LogP contribution < -0.4 is 5.32 Å².